The van der Waals surface area contributed by atoms with Crippen LogP contribution in [0.25, 0.3) is 6.08 Å². The molecule has 0 aliphatic carbocycles. The molecule has 1 aliphatic heterocycles. The maximum atomic E-state index is 12.9. The van der Waals surface area contributed by atoms with Gasteiger partial charge in [-0.25, -0.2) is 0 Å². The topological polar surface area (TPSA) is 48.0 Å². The number of thiocarbonyl (C=S) groups is 1. The number of carbonyl (C=O) groups is 1. The molecule has 3 rings (SSSR count). The van der Waals surface area contributed by atoms with Crippen LogP contribution in [0.4, 0.5) is 5.69 Å². The van der Waals surface area contributed by atoms with Crippen LogP contribution in [-0.4, -0.2) is 31.1 Å². The van der Waals surface area contributed by atoms with Gasteiger partial charge in [-0.3, -0.25) is 9.69 Å². The van der Waals surface area contributed by atoms with E-state index in [1.165, 1.54) is 16.7 Å². The van der Waals surface area contributed by atoms with E-state index in [0.29, 0.717) is 33.0 Å². The number of nitrogens with zero attached hydrogens (tertiary/aromatic N) is 1. The molecule has 1 saturated heterocycles. The van der Waals surface area contributed by atoms with E-state index in [1.54, 1.807) is 32.4 Å². The first-order valence-electron chi connectivity index (χ1n) is 8.30. The number of carbonyl (C=O) groups excluding carboxylic acids is 1. The highest BCUT2D eigenvalue weighted by Gasteiger charge is 2.33. The lowest BCUT2D eigenvalue weighted by atomic mass is 10.1. The Kier molecular flexibility index (Phi) is 6.03. The maximum Gasteiger partial charge on any atom is 0.270 e. The summed E-state index contributed by atoms with van der Waals surface area (Å²) in [4.78, 5) is 15.0. The summed E-state index contributed by atoms with van der Waals surface area (Å²) in [5, 5.41) is 0. The van der Waals surface area contributed by atoms with Crippen molar-refractivity contribution in [3.05, 3.63) is 52.9 Å². The van der Waals surface area contributed by atoms with Gasteiger partial charge in [-0.05, 0) is 55.5 Å². The molecular formula is C20H19NO4S2. The smallest absolute Gasteiger partial charge is 0.270 e. The highest BCUT2D eigenvalue weighted by molar-refractivity contribution is 8.27. The van der Waals surface area contributed by atoms with Crippen molar-refractivity contribution in [3.63, 3.8) is 0 Å². The summed E-state index contributed by atoms with van der Waals surface area (Å²) < 4.78 is 16.6. The minimum Gasteiger partial charge on any atom is -0.497 e. The molecule has 5 nitrogen and oxygen atoms in total. The lowest BCUT2D eigenvalue weighted by Crippen LogP contribution is -2.27. The molecule has 2 aromatic rings. The first-order chi connectivity index (χ1) is 13.1. The van der Waals surface area contributed by atoms with Gasteiger partial charge in [-0.15, -0.1) is 0 Å². The zero-order valence-corrected chi connectivity index (χ0v) is 16.9. The average Bonchev–Trinajstić information content (AvgIpc) is 2.96. The van der Waals surface area contributed by atoms with Gasteiger partial charge >= 0.3 is 0 Å². The minimum absolute atomic E-state index is 0.168. The fourth-order valence-corrected chi connectivity index (χ4v) is 3.93. The van der Waals surface area contributed by atoms with Gasteiger partial charge in [0.2, 0.25) is 0 Å². The van der Waals surface area contributed by atoms with E-state index in [4.69, 9.17) is 26.4 Å². The number of hydrogen-bond acceptors (Lipinski definition) is 6. The van der Waals surface area contributed by atoms with Crippen LogP contribution in [0.15, 0.2) is 47.4 Å². The first-order valence-corrected chi connectivity index (χ1v) is 9.52. The quantitative estimate of drug-likeness (QED) is 0.524. The number of hydrogen-bond donors (Lipinski definition) is 0. The molecule has 0 unspecified atom stereocenters. The van der Waals surface area contributed by atoms with Crippen LogP contribution < -0.4 is 19.1 Å². The number of rotatable bonds is 6. The SMILES string of the molecule is CCOc1ccc(N2C(=O)/C(=C\c3cc(OC)ccc3OC)SC2=S)cc1. The number of amides is 1. The van der Waals surface area contributed by atoms with E-state index < -0.39 is 0 Å². The zero-order chi connectivity index (χ0) is 19.4. The largest absolute Gasteiger partial charge is 0.497 e. The summed E-state index contributed by atoms with van der Waals surface area (Å²) in [5.41, 5.74) is 1.46. The van der Waals surface area contributed by atoms with E-state index in [2.05, 4.69) is 0 Å². The van der Waals surface area contributed by atoms with Gasteiger partial charge in [-0.1, -0.05) is 24.0 Å². The van der Waals surface area contributed by atoms with Crippen LogP contribution in [0, 0.1) is 0 Å². The summed E-state index contributed by atoms with van der Waals surface area (Å²) in [5.74, 6) is 1.92. The Morgan fingerprint density at radius 2 is 1.78 bits per heavy atom. The molecular weight excluding hydrogens is 382 g/mol. The predicted octanol–water partition coefficient (Wildman–Crippen LogP) is 4.51. The normalized spacial score (nSPS) is 15.4. The van der Waals surface area contributed by atoms with Crippen molar-refractivity contribution >= 4 is 46.0 Å². The Balaban J connectivity index is 1.91. The van der Waals surface area contributed by atoms with Crippen LogP contribution in [0.1, 0.15) is 12.5 Å². The minimum atomic E-state index is -0.168. The number of benzene rings is 2. The lowest BCUT2D eigenvalue weighted by Gasteiger charge is -2.15. The Morgan fingerprint density at radius 1 is 1.07 bits per heavy atom. The first kappa shape index (κ1) is 19.3. The molecule has 0 atom stereocenters. The van der Waals surface area contributed by atoms with Crippen molar-refractivity contribution in [2.45, 2.75) is 6.92 Å². The van der Waals surface area contributed by atoms with Crippen molar-refractivity contribution in [1.82, 2.24) is 0 Å². The third-order valence-corrected chi connectivity index (χ3v) is 5.23. The van der Waals surface area contributed by atoms with Gasteiger partial charge in [0.25, 0.3) is 5.91 Å². The molecule has 1 heterocycles. The van der Waals surface area contributed by atoms with Gasteiger partial charge < -0.3 is 14.2 Å². The van der Waals surface area contributed by atoms with Crippen LogP contribution in [0.2, 0.25) is 0 Å². The van der Waals surface area contributed by atoms with Crippen molar-refractivity contribution in [2.24, 2.45) is 0 Å². The molecule has 7 heteroatoms. The van der Waals surface area contributed by atoms with E-state index in [9.17, 15) is 4.79 Å². The van der Waals surface area contributed by atoms with Crippen LogP contribution in [-0.2, 0) is 4.79 Å². The molecule has 2 aromatic carbocycles. The Labute approximate surface area is 167 Å². The highest BCUT2D eigenvalue weighted by atomic mass is 32.2. The Hall–Kier alpha value is -2.51. The third kappa shape index (κ3) is 4.09. The van der Waals surface area contributed by atoms with Crippen molar-refractivity contribution in [3.8, 4) is 17.2 Å². The number of methoxy groups -OCH3 is 2. The molecule has 0 saturated carbocycles. The zero-order valence-electron chi connectivity index (χ0n) is 15.2. The molecule has 0 N–H and O–H groups in total. The van der Waals surface area contributed by atoms with E-state index in [0.717, 1.165) is 11.3 Å². The Morgan fingerprint density at radius 3 is 2.41 bits per heavy atom. The molecule has 0 aromatic heterocycles. The second-order valence-electron chi connectivity index (χ2n) is 5.55. The number of thioether (sulfide) groups is 1. The van der Waals surface area contributed by atoms with Gasteiger partial charge in [0.05, 0.1) is 31.4 Å². The van der Waals surface area contributed by atoms with Gasteiger partial charge in [0, 0.05) is 5.56 Å². The lowest BCUT2D eigenvalue weighted by molar-refractivity contribution is -0.113. The summed E-state index contributed by atoms with van der Waals surface area (Å²) >= 11 is 6.69. The van der Waals surface area contributed by atoms with Crippen LogP contribution in [0.5, 0.6) is 17.2 Å². The van der Waals surface area contributed by atoms with Crippen LogP contribution in [0.3, 0.4) is 0 Å². The molecule has 1 fully saturated rings. The van der Waals surface area contributed by atoms with E-state index in [-0.39, 0.29) is 5.91 Å². The van der Waals surface area contributed by atoms with Gasteiger partial charge in [0.15, 0.2) is 4.32 Å². The number of anilines is 1. The second-order valence-corrected chi connectivity index (χ2v) is 7.23. The molecule has 27 heavy (non-hydrogen) atoms. The van der Waals surface area contributed by atoms with Crippen LogP contribution >= 0.6 is 24.0 Å². The van der Waals surface area contributed by atoms with E-state index >= 15 is 0 Å². The molecule has 140 valence electrons. The van der Waals surface area contributed by atoms with Crippen molar-refractivity contribution < 1.29 is 19.0 Å². The van der Waals surface area contributed by atoms with Crippen molar-refractivity contribution in [2.75, 3.05) is 25.7 Å². The molecule has 1 amide bonds. The Bertz CT molecular complexity index is 893. The maximum absolute atomic E-state index is 12.9. The monoisotopic (exact) mass is 401 g/mol. The van der Waals surface area contributed by atoms with Gasteiger partial charge in [0.1, 0.15) is 17.2 Å². The summed E-state index contributed by atoms with van der Waals surface area (Å²) in [6, 6.07) is 12.7. The number of ether oxygens (including phenoxy) is 3. The summed E-state index contributed by atoms with van der Waals surface area (Å²) in [6.45, 7) is 2.51. The highest BCUT2D eigenvalue weighted by Crippen LogP contribution is 2.38. The summed E-state index contributed by atoms with van der Waals surface area (Å²) in [7, 11) is 3.18. The molecule has 0 radical (unpaired) electrons. The molecule has 0 bridgehead atoms. The van der Waals surface area contributed by atoms with E-state index in [1.807, 2.05) is 37.3 Å². The fourth-order valence-electron chi connectivity index (χ4n) is 2.64. The molecule has 1 aliphatic rings. The van der Waals surface area contributed by atoms with Gasteiger partial charge in [-0.2, -0.15) is 0 Å². The predicted molar refractivity (Wildman–Crippen MR) is 113 cm³/mol. The molecule has 0 spiro atoms. The second kappa shape index (κ2) is 8.45. The fraction of sp³-hybridized carbons (Fsp3) is 0.200. The standard InChI is InChI=1S/C20H19NO4S2/c1-4-25-15-7-5-14(6-8-15)21-19(22)18(27-20(21)26)12-13-11-16(23-2)9-10-17(13)24-3/h5-12H,4H2,1-3H3/b18-12+. The third-order valence-electron chi connectivity index (χ3n) is 3.92. The summed E-state index contributed by atoms with van der Waals surface area (Å²) in [6.07, 6.45) is 1.77. The van der Waals surface area contributed by atoms with Crippen molar-refractivity contribution in [1.29, 1.82) is 0 Å². The average molecular weight is 402 g/mol.